The second-order valence-corrected chi connectivity index (χ2v) is 9.65. The minimum absolute atomic E-state index is 0.752. The van der Waals surface area contributed by atoms with Crippen LogP contribution in [0.3, 0.4) is 0 Å². The molecule has 1 saturated heterocycles. The van der Waals surface area contributed by atoms with E-state index in [2.05, 4.69) is 58.2 Å². The van der Waals surface area contributed by atoms with E-state index < -0.39 is 0 Å². The van der Waals surface area contributed by atoms with Gasteiger partial charge in [-0.25, -0.2) is 4.98 Å². The summed E-state index contributed by atoms with van der Waals surface area (Å²) in [5.41, 5.74) is 8.78. The van der Waals surface area contributed by atoms with Gasteiger partial charge in [-0.15, -0.1) is 0 Å². The normalized spacial score (nSPS) is 14.5. The van der Waals surface area contributed by atoms with Crippen molar-refractivity contribution >= 4 is 21.9 Å². The lowest BCUT2D eigenvalue weighted by Gasteiger charge is -2.26. The summed E-state index contributed by atoms with van der Waals surface area (Å²) in [4.78, 5) is 24.0. The average molecular weight is 487 g/mol. The number of likely N-dealkylation sites (tertiary alicyclic amines) is 1. The fourth-order valence-corrected chi connectivity index (χ4v) is 5.30. The van der Waals surface area contributed by atoms with Crippen LogP contribution in [-0.4, -0.2) is 53.1 Å². The van der Waals surface area contributed by atoms with E-state index >= 15 is 0 Å². The maximum Gasteiger partial charge on any atom is 0.155 e. The van der Waals surface area contributed by atoms with Gasteiger partial charge in [0.1, 0.15) is 5.69 Å². The molecule has 8 nitrogen and oxygen atoms in total. The molecule has 1 aliphatic heterocycles. The molecule has 0 amide bonds. The van der Waals surface area contributed by atoms with Crippen LogP contribution in [0.5, 0.6) is 0 Å². The van der Waals surface area contributed by atoms with E-state index in [1.54, 1.807) is 12.4 Å². The molecule has 7 heterocycles. The Morgan fingerprint density at radius 2 is 1.59 bits per heavy atom. The third kappa shape index (κ3) is 4.15. The highest BCUT2D eigenvalue weighted by atomic mass is 15.2. The second-order valence-electron chi connectivity index (χ2n) is 9.65. The maximum absolute atomic E-state index is 4.68. The lowest BCUT2D eigenvalue weighted by atomic mass is 10.0. The Kier molecular flexibility index (Phi) is 5.44. The first kappa shape index (κ1) is 21.8. The zero-order valence-electron chi connectivity index (χ0n) is 20.4. The number of H-pyrrole nitrogens is 2. The van der Waals surface area contributed by atoms with E-state index in [0.29, 0.717) is 0 Å². The summed E-state index contributed by atoms with van der Waals surface area (Å²) in [6, 6.07) is 12.4. The number of aromatic amines is 2. The van der Waals surface area contributed by atoms with Gasteiger partial charge in [0, 0.05) is 76.7 Å². The molecule has 1 fully saturated rings. The first-order valence-corrected chi connectivity index (χ1v) is 12.7. The van der Waals surface area contributed by atoms with Crippen molar-refractivity contribution in [2.45, 2.75) is 25.8 Å². The van der Waals surface area contributed by atoms with E-state index in [1.807, 2.05) is 43.0 Å². The summed E-state index contributed by atoms with van der Waals surface area (Å²) in [6.45, 7) is 3.27. The first-order valence-electron chi connectivity index (χ1n) is 12.7. The predicted molar refractivity (Wildman–Crippen MR) is 145 cm³/mol. The molecule has 0 atom stereocenters. The first-order chi connectivity index (χ1) is 18.3. The van der Waals surface area contributed by atoms with Gasteiger partial charge in [-0.3, -0.25) is 25.0 Å². The monoisotopic (exact) mass is 486 g/mol. The highest BCUT2D eigenvalue weighted by Crippen LogP contribution is 2.33. The molecule has 6 aromatic rings. The third-order valence-electron chi connectivity index (χ3n) is 7.16. The van der Waals surface area contributed by atoms with Gasteiger partial charge >= 0.3 is 0 Å². The summed E-state index contributed by atoms with van der Waals surface area (Å²) in [6.07, 6.45) is 15.1. The van der Waals surface area contributed by atoms with Crippen molar-refractivity contribution in [3.05, 3.63) is 79.1 Å². The van der Waals surface area contributed by atoms with Crippen LogP contribution in [0.15, 0.2) is 73.6 Å². The zero-order valence-corrected chi connectivity index (χ0v) is 20.4. The molecule has 0 unspecified atom stereocenters. The number of hydrogen-bond acceptors (Lipinski definition) is 6. The molecule has 0 bridgehead atoms. The van der Waals surface area contributed by atoms with Gasteiger partial charge in [0.05, 0.1) is 11.4 Å². The quantitative estimate of drug-likeness (QED) is 0.329. The SMILES string of the molecule is c1cc(-c2nccc3[nH]c(-c4n[nH]c5ncc(-c6cncc(CN7CCCCC7)c6)cc45)cc23)ccn1. The topological polar surface area (TPSA) is 99.3 Å². The molecule has 1 aliphatic rings. The van der Waals surface area contributed by atoms with Crippen LogP contribution in [0.2, 0.25) is 0 Å². The molecular formula is C29H26N8. The molecule has 182 valence electrons. The van der Waals surface area contributed by atoms with E-state index in [0.717, 1.165) is 62.3 Å². The van der Waals surface area contributed by atoms with Gasteiger partial charge in [-0.05, 0) is 67.9 Å². The molecule has 7 rings (SSSR count). The van der Waals surface area contributed by atoms with Crippen LogP contribution in [0.25, 0.3) is 55.7 Å². The fourth-order valence-electron chi connectivity index (χ4n) is 5.30. The number of fused-ring (bicyclic) bond motifs is 2. The standard InChI is InChI=1S/C29H26N8/c1-2-10-37(11-3-1)18-19-12-21(16-31-15-19)22-13-24-28(35-36-29(24)33-17-22)26-14-23-25(34-26)6-9-32-27(23)20-4-7-30-8-5-20/h4-9,12-17,34H,1-3,10-11,18H2,(H,33,35,36). The highest BCUT2D eigenvalue weighted by molar-refractivity contribution is 5.99. The molecule has 0 spiro atoms. The molecule has 0 saturated carbocycles. The summed E-state index contributed by atoms with van der Waals surface area (Å²) in [5.74, 6) is 0. The van der Waals surface area contributed by atoms with Gasteiger partial charge in [-0.1, -0.05) is 6.42 Å². The van der Waals surface area contributed by atoms with Crippen molar-refractivity contribution in [1.82, 2.24) is 40.0 Å². The van der Waals surface area contributed by atoms with E-state index in [9.17, 15) is 0 Å². The lowest BCUT2D eigenvalue weighted by molar-refractivity contribution is 0.220. The minimum Gasteiger partial charge on any atom is -0.353 e. The number of piperidine rings is 1. The van der Waals surface area contributed by atoms with E-state index in [1.165, 1.54) is 37.9 Å². The summed E-state index contributed by atoms with van der Waals surface area (Å²) in [5, 5.41) is 9.72. The smallest absolute Gasteiger partial charge is 0.155 e. The molecule has 37 heavy (non-hydrogen) atoms. The summed E-state index contributed by atoms with van der Waals surface area (Å²) in [7, 11) is 0. The Balaban J connectivity index is 1.26. The van der Waals surface area contributed by atoms with Crippen LogP contribution in [0.4, 0.5) is 0 Å². The van der Waals surface area contributed by atoms with Gasteiger partial charge in [0.2, 0.25) is 0 Å². The predicted octanol–water partition coefficient (Wildman–Crippen LogP) is 5.61. The average Bonchev–Trinajstić information content (AvgIpc) is 3.58. The number of aromatic nitrogens is 7. The van der Waals surface area contributed by atoms with Crippen LogP contribution >= 0.6 is 0 Å². The number of rotatable bonds is 5. The van der Waals surface area contributed by atoms with E-state index in [-0.39, 0.29) is 0 Å². The zero-order chi connectivity index (χ0) is 24.6. The van der Waals surface area contributed by atoms with Gasteiger partial charge < -0.3 is 4.98 Å². The van der Waals surface area contributed by atoms with Crippen molar-refractivity contribution in [2.24, 2.45) is 0 Å². The number of hydrogen-bond donors (Lipinski definition) is 2. The molecule has 6 aromatic heterocycles. The lowest BCUT2D eigenvalue weighted by Crippen LogP contribution is -2.29. The molecule has 8 heteroatoms. The van der Waals surface area contributed by atoms with Crippen LogP contribution in [0.1, 0.15) is 24.8 Å². The minimum atomic E-state index is 0.752. The van der Waals surface area contributed by atoms with Crippen molar-refractivity contribution in [3.8, 4) is 33.8 Å². The molecule has 0 radical (unpaired) electrons. The molecule has 0 aromatic carbocycles. The van der Waals surface area contributed by atoms with Gasteiger partial charge in [0.15, 0.2) is 5.65 Å². The summed E-state index contributed by atoms with van der Waals surface area (Å²) < 4.78 is 0. The van der Waals surface area contributed by atoms with Crippen molar-refractivity contribution in [1.29, 1.82) is 0 Å². The Morgan fingerprint density at radius 3 is 2.49 bits per heavy atom. The second kappa shape index (κ2) is 9.22. The van der Waals surface area contributed by atoms with Gasteiger partial charge in [0.25, 0.3) is 0 Å². The Labute approximate surface area is 213 Å². The maximum atomic E-state index is 4.68. The van der Waals surface area contributed by atoms with Crippen LogP contribution in [-0.2, 0) is 6.54 Å². The largest absolute Gasteiger partial charge is 0.353 e. The summed E-state index contributed by atoms with van der Waals surface area (Å²) >= 11 is 0. The Hall–Kier alpha value is -4.43. The highest BCUT2D eigenvalue weighted by Gasteiger charge is 2.16. The number of nitrogens with one attached hydrogen (secondary N) is 2. The van der Waals surface area contributed by atoms with Crippen LogP contribution in [0, 0.1) is 0 Å². The van der Waals surface area contributed by atoms with Crippen molar-refractivity contribution < 1.29 is 0 Å². The van der Waals surface area contributed by atoms with Crippen LogP contribution < -0.4 is 0 Å². The number of nitrogens with zero attached hydrogens (tertiary/aromatic N) is 6. The number of pyridine rings is 4. The Bertz CT molecular complexity index is 1700. The fraction of sp³-hybridized carbons (Fsp3) is 0.207. The molecule has 2 N–H and O–H groups in total. The molecular weight excluding hydrogens is 460 g/mol. The Morgan fingerprint density at radius 1 is 0.730 bits per heavy atom. The molecule has 0 aliphatic carbocycles. The van der Waals surface area contributed by atoms with Crippen molar-refractivity contribution in [2.75, 3.05) is 13.1 Å². The van der Waals surface area contributed by atoms with Gasteiger partial charge in [-0.2, -0.15) is 5.10 Å². The van der Waals surface area contributed by atoms with Crippen molar-refractivity contribution in [3.63, 3.8) is 0 Å². The van der Waals surface area contributed by atoms with E-state index in [4.69, 9.17) is 0 Å². The third-order valence-corrected chi connectivity index (χ3v) is 7.16.